The smallest absolute Gasteiger partial charge is 0.190 e. The van der Waals surface area contributed by atoms with Crippen LogP contribution in [0.2, 0.25) is 5.02 Å². The number of rotatable bonds is 1. The average molecular weight is 185 g/mol. The molecule has 3 N–H and O–H groups in total. The third-order valence-electron chi connectivity index (χ3n) is 1.42. The van der Waals surface area contributed by atoms with Gasteiger partial charge in [0.25, 0.3) is 0 Å². The van der Waals surface area contributed by atoms with Crippen molar-refractivity contribution >= 4 is 17.4 Å². The number of nitrogens with one attached hydrogen (secondary N) is 1. The fourth-order valence-electron chi connectivity index (χ4n) is 0.846. The van der Waals surface area contributed by atoms with Crippen LogP contribution < -0.4 is 5.73 Å². The van der Waals surface area contributed by atoms with Crippen molar-refractivity contribution in [3.8, 4) is 11.3 Å². The number of halogens is 1. The van der Waals surface area contributed by atoms with Crippen LogP contribution >= 0.6 is 11.6 Å². The summed E-state index contributed by atoms with van der Waals surface area (Å²) >= 11 is 5.78. The number of nitrogen functional groups attached to an aromatic ring is 1. The Morgan fingerprint density at radius 2 is 2.42 bits per heavy atom. The van der Waals surface area contributed by atoms with Gasteiger partial charge in [-0.1, -0.05) is 16.8 Å². The second-order valence-electron chi connectivity index (χ2n) is 2.20. The molecule has 0 aromatic carbocycles. The molecule has 2 rings (SSSR count). The number of H-pyrrole nitrogens is 1. The molecule has 2 heterocycles. The topological polar surface area (TPSA) is 80.7 Å². The molecule has 0 unspecified atom stereocenters. The van der Waals surface area contributed by atoms with E-state index in [-0.39, 0.29) is 5.82 Å². The lowest BCUT2D eigenvalue weighted by atomic mass is 10.3. The first-order valence-electron chi connectivity index (χ1n) is 3.19. The van der Waals surface area contributed by atoms with Crippen LogP contribution in [0.1, 0.15) is 0 Å². The van der Waals surface area contributed by atoms with Gasteiger partial charge in [0, 0.05) is 6.20 Å². The van der Waals surface area contributed by atoms with Crippen LogP contribution in [0.3, 0.4) is 0 Å². The van der Waals surface area contributed by atoms with E-state index in [0.29, 0.717) is 10.8 Å². The minimum Gasteiger partial charge on any atom is -0.380 e. The molecule has 62 valence electrons. The standard InChI is InChI=1S/C6H5ClN4O/c7-4-5(12-11-6(4)8)3-1-9-10-2-3/h1-2H,(H2,8,11)(H,9,10). The fraction of sp³-hybridized carbons (Fsp3) is 0. The highest BCUT2D eigenvalue weighted by Crippen LogP contribution is 2.30. The molecule has 2 aromatic rings. The van der Waals surface area contributed by atoms with Gasteiger partial charge in [-0.3, -0.25) is 5.10 Å². The van der Waals surface area contributed by atoms with Crippen LogP contribution in [-0.2, 0) is 0 Å². The van der Waals surface area contributed by atoms with E-state index in [1.165, 1.54) is 0 Å². The van der Waals surface area contributed by atoms with Crippen LogP contribution in [0.15, 0.2) is 16.9 Å². The summed E-state index contributed by atoms with van der Waals surface area (Å²) in [4.78, 5) is 0. The highest BCUT2D eigenvalue weighted by molar-refractivity contribution is 6.35. The number of hydrogen-bond acceptors (Lipinski definition) is 4. The highest BCUT2D eigenvalue weighted by Gasteiger charge is 2.13. The Bertz CT molecular complexity index is 380. The molecule has 0 aliphatic rings. The highest BCUT2D eigenvalue weighted by atomic mass is 35.5. The second-order valence-corrected chi connectivity index (χ2v) is 2.58. The van der Waals surface area contributed by atoms with Crippen LogP contribution in [0.5, 0.6) is 0 Å². The first-order valence-corrected chi connectivity index (χ1v) is 3.56. The Labute approximate surface area is 72.5 Å². The van der Waals surface area contributed by atoms with Crippen LogP contribution in [0, 0.1) is 0 Å². The number of aromatic nitrogens is 3. The van der Waals surface area contributed by atoms with Gasteiger partial charge < -0.3 is 10.3 Å². The maximum Gasteiger partial charge on any atom is 0.190 e. The quantitative estimate of drug-likeness (QED) is 0.700. The van der Waals surface area contributed by atoms with Crippen molar-refractivity contribution in [1.82, 2.24) is 15.4 Å². The molecule has 0 aliphatic carbocycles. The lowest BCUT2D eigenvalue weighted by Crippen LogP contribution is -1.82. The summed E-state index contributed by atoms with van der Waals surface area (Å²) in [5.41, 5.74) is 6.11. The van der Waals surface area contributed by atoms with Gasteiger partial charge >= 0.3 is 0 Å². The summed E-state index contributed by atoms with van der Waals surface area (Å²) in [5, 5.41) is 10.2. The lowest BCUT2D eigenvalue weighted by Gasteiger charge is -1.86. The number of hydrogen-bond donors (Lipinski definition) is 2. The zero-order valence-corrected chi connectivity index (χ0v) is 6.67. The normalized spacial score (nSPS) is 10.4. The first kappa shape index (κ1) is 7.17. The van der Waals surface area contributed by atoms with E-state index >= 15 is 0 Å². The van der Waals surface area contributed by atoms with Crippen molar-refractivity contribution < 1.29 is 4.52 Å². The van der Waals surface area contributed by atoms with Crippen molar-refractivity contribution in [2.45, 2.75) is 0 Å². The summed E-state index contributed by atoms with van der Waals surface area (Å²) < 4.78 is 4.87. The van der Waals surface area contributed by atoms with Gasteiger partial charge in [-0.2, -0.15) is 5.10 Å². The van der Waals surface area contributed by atoms with Crippen molar-refractivity contribution in [1.29, 1.82) is 0 Å². The van der Waals surface area contributed by atoms with E-state index in [4.69, 9.17) is 21.9 Å². The minimum absolute atomic E-state index is 0.188. The van der Waals surface area contributed by atoms with Gasteiger partial charge in [0.1, 0.15) is 5.02 Å². The van der Waals surface area contributed by atoms with Gasteiger partial charge in [-0.05, 0) is 0 Å². The number of nitrogens with zero attached hydrogens (tertiary/aromatic N) is 2. The molecular weight excluding hydrogens is 180 g/mol. The van der Waals surface area contributed by atoms with Crippen LogP contribution in [0.25, 0.3) is 11.3 Å². The summed E-state index contributed by atoms with van der Waals surface area (Å²) in [6, 6.07) is 0. The van der Waals surface area contributed by atoms with Crippen LogP contribution in [-0.4, -0.2) is 15.4 Å². The Balaban J connectivity index is 2.55. The molecule has 0 atom stereocenters. The Hall–Kier alpha value is -1.49. The molecule has 0 fully saturated rings. The van der Waals surface area contributed by atoms with Gasteiger partial charge in [0.2, 0.25) is 0 Å². The predicted octanol–water partition coefficient (Wildman–Crippen LogP) is 1.30. The predicted molar refractivity (Wildman–Crippen MR) is 43.5 cm³/mol. The van der Waals surface area contributed by atoms with Crippen LogP contribution in [0.4, 0.5) is 5.82 Å². The summed E-state index contributed by atoms with van der Waals surface area (Å²) in [7, 11) is 0. The molecule has 12 heavy (non-hydrogen) atoms. The van der Waals surface area contributed by atoms with E-state index in [9.17, 15) is 0 Å². The first-order chi connectivity index (χ1) is 5.79. The van der Waals surface area contributed by atoms with Gasteiger partial charge in [0.15, 0.2) is 11.6 Å². The molecule has 0 radical (unpaired) electrons. The van der Waals surface area contributed by atoms with E-state index in [1.54, 1.807) is 12.4 Å². The molecule has 0 saturated carbocycles. The Morgan fingerprint density at radius 1 is 1.58 bits per heavy atom. The van der Waals surface area contributed by atoms with E-state index < -0.39 is 0 Å². The molecule has 0 spiro atoms. The zero-order chi connectivity index (χ0) is 8.55. The molecule has 5 nitrogen and oxygen atoms in total. The average Bonchev–Trinajstić information content (AvgIpc) is 2.64. The van der Waals surface area contributed by atoms with Crippen molar-refractivity contribution in [2.24, 2.45) is 0 Å². The number of nitrogens with two attached hydrogens (primary N) is 1. The SMILES string of the molecule is Nc1noc(-c2cn[nH]c2)c1Cl. The van der Waals surface area contributed by atoms with Gasteiger partial charge in [-0.15, -0.1) is 0 Å². The Morgan fingerprint density at radius 3 is 2.92 bits per heavy atom. The monoisotopic (exact) mass is 184 g/mol. The zero-order valence-electron chi connectivity index (χ0n) is 5.91. The minimum atomic E-state index is 0.188. The second kappa shape index (κ2) is 2.53. The molecular formula is C6H5ClN4O. The van der Waals surface area contributed by atoms with Crippen molar-refractivity contribution in [2.75, 3.05) is 5.73 Å². The van der Waals surface area contributed by atoms with Crippen molar-refractivity contribution in [3.63, 3.8) is 0 Å². The van der Waals surface area contributed by atoms with E-state index in [0.717, 1.165) is 5.56 Å². The number of anilines is 1. The third kappa shape index (κ3) is 0.947. The largest absolute Gasteiger partial charge is 0.380 e. The maximum atomic E-state index is 5.78. The molecule has 0 aliphatic heterocycles. The molecule has 6 heteroatoms. The van der Waals surface area contributed by atoms with E-state index in [2.05, 4.69) is 15.4 Å². The summed E-state index contributed by atoms with van der Waals surface area (Å²) in [6.45, 7) is 0. The molecule has 0 amide bonds. The fourth-order valence-corrected chi connectivity index (χ4v) is 1.02. The Kier molecular flexibility index (Phi) is 1.51. The molecule has 0 saturated heterocycles. The molecule has 2 aromatic heterocycles. The third-order valence-corrected chi connectivity index (χ3v) is 1.79. The summed E-state index contributed by atoms with van der Waals surface area (Å²) in [5.74, 6) is 0.621. The summed E-state index contributed by atoms with van der Waals surface area (Å²) in [6.07, 6.45) is 3.22. The maximum absolute atomic E-state index is 5.78. The van der Waals surface area contributed by atoms with Crippen molar-refractivity contribution in [3.05, 3.63) is 17.4 Å². The molecule has 0 bridgehead atoms. The van der Waals surface area contributed by atoms with Gasteiger partial charge in [-0.25, -0.2) is 0 Å². The lowest BCUT2D eigenvalue weighted by molar-refractivity contribution is 0.436. The van der Waals surface area contributed by atoms with Gasteiger partial charge in [0.05, 0.1) is 11.8 Å². The number of aromatic amines is 1. The van der Waals surface area contributed by atoms with E-state index in [1.807, 2.05) is 0 Å².